The van der Waals surface area contributed by atoms with Crippen molar-refractivity contribution < 1.29 is 9.84 Å². The molecular weight excluding hydrogens is 116 g/mol. The molecule has 0 aromatic heterocycles. The van der Waals surface area contributed by atoms with Crippen LogP contribution in [0.3, 0.4) is 0 Å². The van der Waals surface area contributed by atoms with Crippen LogP contribution in [0.2, 0.25) is 0 Å². The largest absolute Gasteiger partial charge is 0.365 e. The van der Waals surface area contributed by atoms with Crippen LogP contribution in [0.25, 0.3) is 0 Å². The predicted molar refractivity (Wildman–Crippen MR) is 35.0 cm³/mol. The first-order valence-electron chi connectivity index (χ1n) is 3.32. The minimum absolute atomic E-state index is 0.0764. The summed E-state index contributed by atoms with van der Waals surface area (Å²) in [6.45, 7) is 6.43. The van der Waals surface area contributed by atoms with Gasteiger partial charge in [-0.05, 0) is 13.3 Å². The summed E-state index contributed by atoms with van der Waals surface area (Å²) >= 11 is 0. The van der Waals surface area contributed by atoms with Crippen molar-refractivity contribution in [3.63, 3.8) is 0 Å². The van der Waals surface area contributed by atoms with Gasteiger partial charge in [-0.25, -0.2) is 0 Å². The van der Waals surface area contributed by atoms with Gasteiger partial charge in [0, 0.05) is 5.41 Å². The molecule has 1 unspecified atom stereocenters. The maximum Gasteiger partial charge on any atom is 0.167 e. The van der Waals surface area contributed by atoms with Crippen LogP contribution in [0, 0.1) is 5.41 Å². The Morgan fingerprint density at radius 3 is 2.00 bits per heavy atom. The molecule has 1 aliphatic heterocycles. The standard InChI is InChI=1S/C7H14O2/c1-6(2)4-5-9-7(6,3)8/h8H,4-5H2,1-3H3. The summed E-state index contributed by atoms with van der Waals surface area (Å²) in [6.07, 6.45) is 0.944. The third-order valence-corrected chi connectivity index (χ3v) is 2.37. The first-order valence-corrected chi connectivity index (χ1v) is 3.32. The number of hydrogen-bond acceptors (Lipinski definition) is 2. The number of aliphatic hydroxyl groups is 1. The summed E-state index contributed by atoms with van der Waals surface area (Å²) in [6, 6.07) is 0. The number of ether oxygens (including phenoxy) is 1. The molecule has 1 rings (SSSR count). The molecule has 0 aliphatic carbocycles. The summed E-state index contributed by atoms with van der Waals surface area (Å²) in [5.74, 6) is -0.910. The van der Waals surface area contributed by atoms with Crippen molar-refractivity contribution in [1.82, 2.24) is 0 Å². The molecule has 0 aromatic rings. The van der Waals surface area contributed by atoms with Crippen molar-refractivity contribution in [2.24, 2.45) is 5.41 Å². The molecule has 0 radical (unpaired) electrons. The predicted octanol–water partition coefficient (Wildman–Crippen LogP) is 1.14. The van der Waals surface area contributed by atoms with Crippen LogP contribution in [0.4, 0.5) is 0 Å². The van der Waals surface area contributed by atoms with Crippen LogP contribution < -0.4 is 0 Å². The van der Waals surface area contributed by atoms with Gasteiger partial charge in [-0.2, -0.15) is 0 Å². The average molecular weight is 130 g/mol. The maximum atomic E-state index is 9.50. The van der Waals surface area contributed by atoms with E-state index in [1.165, 1.54) is 0 Å². The van der Waals surface area contributed by atoms with Gasteiger partial charge in [0.15, 0.2) is 5.79 Å². The van der Waals surface area contributed by atoms with E-state index in [0.29, 0.717) is 6.61 Å². The van der Waals surface area contributed by atoms with Crippen molar-refractivity contribution in [3.8, 4) is 0 Å². The summed E-state index contributed by atoms with van der Waals surface area (Å²) in [5.41, 5.74) is -0.0764. The minimum Gasteiger partial charge on any atom is -0.365 e. The summed E-state index contributed by atoms with van der Waals surface area (Å²) in [7, 11) is 0. The maximum absolute atomic E-state index is 9.50. The highest BCUT2D eigenvalue weighted by Crippen LogP contribution is 2.40. The Labute approximate surface area is 55.8 Å². The quantitative estimate of drug-likeness (QED) is 0.533. The monoisotopic (exact) mass is 130 g/mol. The van der Waals surface area contributed by atoms with Crippen molar-refractivity contribution in [2.45, 2.75) is 33.0 Å². The van der Waals surface area contributed by atoms with E-state index in [1.807, 2.05) is 13.8 Å². The van der Waals surface area contributed by atoms with E-state index in [4.69, 9.17) is 4.74 Å². The van der Waals surface area contributed by atoms with Gasteiger partial charge in [-0.1, -0.05) is 13.8 Å². The summed E-state index contributed by atoms with van der Waals surface area (Å²) < 4.78 is 5.11. The normalized spacial score (nSPS) is 41.3. The lowest BCUT2D eigenvalue weighted by atomic mass is 9.84. The molecule has 54 valence electrons. The molecule has 0 amide bonds. The Hall–Kier alpha value is -0.0800. The lowest BCUT2D eigenvalue weighted by molar-refractivity contribution is -0.204. The lowest BCUT2D eigenvalue weighted by Gasteiger charge is -2.30. The van der Waals surface area contributed by atoms with Crippen LogP contribution in [-0.2, 0) is 4.74 Å². The van der Waals surface area contributed by atoms with E-state index in [-0.39, 0.29) is 5.41 Å². The molecule has 0 bridgehead atoms. The Morgan fingerprint density at radius 2 is 1.89 bits per heavy atom. The van der Waals surface area contributed by atoms with Crippen molar-refractivity contribution in [3.05, 3.63) is 0 Å². The first kappa shape index (κ1) is 7.03. The topological polar surface area (TPSA) is 29.5 Å². The minimum atomic E-state index is -0.910. The van der Waals surface area contributed by atoms with E-state index in [2.05, 4.69) is 0 Å². The molecule has 2 nitrogen and oxygen atoms in total. The van der Waals surface area contributed by atoms with Gasteiger partial charge < -0.3 is 9.84 Å². The van der Waals surface area contributed by atoms with Crippen molar-refractivity contribution >= 4 is 0 Å². The molecule has 1 atom stereocenters. The molecule has 1 aliphatic rings. The van der Waals surface area contributed by atoms with E-state index >= 15 is 0 Å². The molecule has 1 N–H and O–H groups in total. The zero-order valence-corrected chi connectivity index (χ0v) is 6.27. The Balaban J connectivity index is 2.75. The Bertz CT molecular complexity index is 102. The fourth-order valence-corrected chi connectivity index (χ4v) is 0.932. The SMILES string of the molecule is CC1(C)CCOC1(C)O. The van der Waals surface area contributed by atoms with E-state index in [9.17, 15) is 5.11 Å². The van der Waals surface area contributed by atoms with Gasteiger partial charge in [0.25, 0.3) is 0 Å². The van der Waals surface area contributed by atoms with Gasteiger partial charge in [0.1, 0.15) is 0 Å². The van der Waals surface area contributed by atoms with Gasteiger partial charge in [-0.15, -0.1) is 0 Å². The van der Waals surface area contributed by atoms with E-state index in [0.717, 1.165) is 6.42 Å². The van der Waals surface area contributed by atoms with Gasteiger partial charge >= 0.3 is 0 Å². The highest BCUT2D eigenvalue weighted by atomic mass is 16.6. The van der Waals surface area contributed by atoms with Gasteiger partial charge in [-0.3, -0.25) is 0 Å². The molecule has 0 spiro atoms. The molecule has 2 heteroatoms. The van der Waals surface area contributed by atoms with Crippen molar-refractivity contribution in [2.75, 3.05) is 6.61 Å². The van der Waals surface area contributed by atoms with E-state index in [1.54, 1.807) is 6.92 Å². The Kier molecular flexibility index (Phi) is 1.33. The van der Waals surface area contributed by atoms with Crippen LogP contribution >= 0.6 is 0 Å². The second kappa shape index (κ2) is 1.70. The summed E-state index contributed by atoms with van der Waals surface area (Å²) in [5, 5.41) is 9.50. The van der Waals surface area contributed by atoms with Crippen LogP contribution in [0.15, 0.2) is 0 Å². The fraction of sp³-hybridized carbons (Fsp3) is 1.00. The first-order chi connectivity index (χ1) is 3.96. The third kappa shape index (κ3) is 0.970. The highest BCUT2D eigenvalue weighted by molar-refractivity contribution is 4.86. The third-order valence-electron chi connectivity index (χ3n) is 2.37. The van der Waals surface area contributed by atoms with Crippen LogP contribution in [-0.4, -0.2) is 17.5 Å². The highest BCUT2D eigenvalue weighted by Gasteiger charge is 2.44. The van der Waals surface area contributed by atoms with Gasteiger partial charge in [0.2, 0.25) is 0 Å². The average Bonchev–Trinajstić information content (AvgIpc) is 1.81. The molecule has 0 aromatic carbocycles. The Morgan fingerprint density at radius 1 is 1.33 bits per heavy atom. The van der Waals surface area contributed by atoms with Gasteiger partial charge in [0.05, 0.1) is 6.61 Å². The molecule has 9 heavy (non-hydrogen) atoms. The second-order valence-electron chi connectivity index (χ2n) is 3.47. The molecule has 1 saturated heterocycles. The molecule has 1 fully saturated rings. The number of rotatable bonds is 0. The van der Waals surface area contributed by atoms with Crippen LogP contribution in [0.5, 0.6) is 0 Å². The van der Waals surface area contributed by atoms with E-state index < -0.39 is 5.79 Å². The number of hydrogen-bond donors (Lipinski definition) is 1. The summed E-state index contributed by atoms with van der Waals surface area (Å²) in [4.78, 5) is 0. The second-order valence-corrected chi connectivity index (χ2v) is 3.47. The smallest absolute Gasteiger partial charge is 0.167 e. The fourth-order valence-electron chi connectivity index (χ4n) is 0.932. The molecular formula is C7H14O2. The van der Waals surface area contributed by atoms with Crippen LogP contribution in [0.1, 0.15) is 27.2 Å². The zero-order valence-electron chi connectivity index (χ0n) is 6.27. The molecule has 0 saturated carbocycles. The lowest BCUT2D eigenvalue weighted by Crippen LogP contribution is -2.37. The van der Waals surface area contributed by atoms with Crippen molar-refractivity contribution in [1.29, 1.82) is 0 Å². The molecule has 1 heterocycles. The zero-order chi connectivity index (χ0) is 7.12.